The van der Waals surface area contributed by atoms with Crippen LogP contribution in [0.5, 0.6) is 0 Å². The van der Waals surface area contributed by atoms with E-state index in [-0.39, 0.29) is 11.8 Å². The SMILES string of the molecule is CCCNC(=O)C1CCN(CC#N)CC1. The number of rotatable bonds is 4. The van der Waals surface area contributed by atoms with Crippen LogP contribution in [-0.2, 0) is 4.79 Å². The van der Waals surface area contributed by atoms with Crippen LogP contribution in [0.25, 0.3) is 0 Å². The molecule has 0 atom stereocenters. The lowest BCUT2D eigenvalue weighted by Crippen LogP contribution is -2.40. The van der Waals surface area contributed by atoms with Crippen molar-refractivity contribution in [2.45, 2.75) is 26.2 Å². The third-order valence-corrected chi connectivity index (χ3v) is 2.80. The summed E-state index contributed by atoms with van der Waals surface area (Å²) >= 11 is 0. The first-order valence-corrected chi connectivity index (χ1v) is 5.65. The van der Waals surface area contributed by atoms with Crippen molar-refractivity contribution in [3.05, 3.63) is 0 Å². The van der Waals surface area contributed by atoms with Gasteiger partial charge in [-0.05, 0) is 32.4 Å². The van der Waals surface area contributed by atoms with Crippen molar-refractivity contribution in [1.82, 2.24) is 10.2 Å². The molecule has 0 saturated carbocycles. The molecule has 0 aromatic carbocycles. The van der Waals surface area contributed by atoms with Crippen molar-refractivity contribution in [1.29, 1.82) is 5.26 Å². The van der Waals surface area contributed by atoms with Crippen molar-refractivity contribution in [3.63, 3.8) is 0 Å². The number of piperidine rings is 1. The topological polar surface area (TPSA) is 56.1 Å². The molecule has 0 aromatic rings. The summed E-state index contributed by atoms with van der Waals surface area (Å²) in [7, 11) is 0. The van der Waals surface area contributed by atoms with E-state index in [1.807, 2.05) is 0 Å². The molecule has 1 aliphatic heterocycles. The number of amides is 1. The molecule has 0 aliphatic carbocycles. The van der Waals surface area contributed by atoms with Crippen LogP contribution in [-0.4, -0.2) is 37.0 Å². The van der Waals surface area contributed by atoms with E-state index in [0.717, 1.165) is 38.9 Å². The van der Waals surface area contributed by atoms with Crippen LogP contribution in [0.15, 0.2) is 0 Å². The van der Waals surface area contributed by atoms with Crippen LogP contribution < -0.4 is 5.32 Å². The van der Waals surface area contributed by atoms with E-state index < -0.39 is 0 Å². The van der Waals surface area contributed by atoms with Gasteiger partial charge in [0.25, 0.3) is 0 Å². The van der Waals surface area contributed by atoms with Crippen molar-refractivity contribution in [2.75, 3.05) is 26.2 Å². The molecule has 1 amide bonds. The minimum absolute atomic E-state index is 0.159. The average molecular weight is 209 g/mol. The van der Waals surface area contributed by atoms with E-state index in [2.05, 4.69) is 23.2 Å². The zero-order valence-electron chi connectivity index (χ0n) is 9.33. The van der Waals surface area contributed by atoms with Gasteiger partial charge in [-0.2, -0.15) is 5.26 Å². The van der Waals surface area contributed by atoms with E-state index in [0.29, 0.717) is 6.54 Å². The molecule has 1 heterocycles. The van der Waals surface area contributed by atoms with Crippen molar-refractivity contribution in [2.24, 2.45) is 5.92 Å². The van der Waals surface area contributed by atoms with Gasteiger partial charge in [0.2, 0.25) is 5.91 Å². The summed E-state index contributed by atoms with van der Waals surface area (Å²) in [5.41, 5.74) is 0. The van der Waals surface area contributed by atoms with E-state index in [1.54, 1.807) is 0 Å². The number of nitriles is 1. The minimum Gasteiger partial charge on any atom is -0.356 e. The number of likely N-dealkylation sites (tertiary alicyclic amines) is 1. The van der Waals surface area contributed by atoms with Gasteiger partial charge in [0.15, 0.2) is 0 Å². The Balaban J connectivity index is 2.25. The quantitative estimate of drug-likeness (QED) is 0.695. The predicted molar refractivity (Wildman–Crippen MR) is 58.1 cm³/mol. The maximum Gasteiger partial charge on any atom is 0.223 e. The van der Waals surface area contributed by atoms with Gasteiger partial charge in [0.05, 0.1) is 12.6 Å². The van der Waals surface area contributed by atoms with Crippen molar-refractivity contribution >= 4 is 5.91 Å². The second-order valence-electron chi connectivity index (χ2n) is 4.00. The van der Waals surface area contributed by atoms with Crippen molar-refractivity contribution < 1.29 is 4.79 Å². The lowest BCUT2D eigenvalue weighted by Gasteiger charge is -2.29. The van der Waals surface area contributed by atoms with Gasteiger partial charge in [-0.1, -0.05) is 6.92 Å². The Morgan fingerprint density at radius 3 is 2.73 bits per heavy atom. The van der Waals surface area contributed by atoms with Crippen LogP contribution in [0.2, 0.25) is 0 Å². The van der Waals surface area contributed by atoms with Gasteiger partial charge in [-0.15, -0.1) is 0 Å². The third-order valence-electron chi connectivity index (χ3n) is 2.80. The summed E-state index contributed by atoms with van der Waals surface area (Å²) < 4.78 is 0. The smallest absolute Gasteiger partial charge is 0.223 e. The maximum atomic E-state index is 11.6. The highest BCUT2D eigenvalue weighted by Gasteiger charge is 2.24. The molecule has 0 unspecified atom stereocenters. The Morgan fingerprint density at radius 1 is 1.53 bits per heavy atom. The molecule has 84 valence electrons. The zero-order chi connectivity index (χ0) is 11.1. The highest BCUT2D eigenvalue weighted by molar-refractivity contribution is 5.78. The number of carbonyl (C=O) groups is 1. The van der Waals surface area contributed by atoms with Crippen LogP contribution in [0.4, 0.5) is 0 Å². The molecule has 15 heavy (non-hydrogen) atoms. The Labute approximate surface area is 91.2 Å². The maximum absolute atomic E-state index is 11.6. The van der Waals surface area contributed by atoms with Crippen molar-refractivity contribution in [3.8, 4) is 6.07 Å². The number of nitrogens with one attached hydrogen (secondary N) is 1. The molecule has 0 bridgehead atoms. The van der Waals surface area contributed by atoms with Gasteiger partial charge in [-0.25, -0.2) is 0 Å². The first-order chi connectivity index (χ1) is 7.27. The summed E-state index contributed by atoms with van der Waals surface area (Å²) in [5, 5.41) is 11.5. The van der Waals surface area contributed by atoms with Gasteiger partial charge >= 0.3 is 0 Å². The fourth-order valence-electron chi connectivity index (χ4n) is 1.85. The second-order valence-corrected chi connectivity index (χ2v) is 4.00. The van der Waals surface area contributed by atoms with E-state index in [4.69, 9.17) is 5.26 Å². The van der Waals surface area contributed by atoms with Gasteiger partial charge in [-0.3, -0.25) is 9.69 Å². The van der Waals surface area contributed by atoms with E-state index in [9.17, 15) is 4.79 Å². The Hall–Kier alpha value is -1.08. The monoisotopic (exact) mass is 209 g/mol. The highest BCUT2D eigenvalue weighted by atomic mass is 16.1. The van der Waals surface area contributed by atoms with Gasteiger partial charge in [0, 0.05) is 12.5 Å². The standard InChI is InChI=1S/C11H19N3O/c1-2-6-13-11(15)10-3-7-14(8-4-10)9-5-12/h10H,2-4,6-9H2,1H3,(H,13,15). The fraction of sp³-hybridized carbons (Fsp3) is 0.818. The highest BCUT2D eigenvalue weighted by Crippen LogP contribution is 2.16. The molecule has 1 fully saturated rings. The lowest BCUT2D eigenvalue weighted by atomic mass is 9.96. The Morgan fingerprint density at radius 2 is 2.20 bits per heavy atom. The number of hydrogen-bond acceptors (Lipinski definition) is 3. The van der Waals surface area contributed by atoms with Crippen LogP contribution in [0.3, 0.4) is 0 Å². The normalized spacial score (nSPS) is 18.4. The minimum atomic E-state index is 0.159. The van der Waals surface area contributed by atoms with Crippen LogP contribution in [0.1, 0.15) is 26.2 Å². The fourth-order valence-corrected chi connectivity index (χ4v) is 1.85. The molecule has 0 radical (unpaired) electrons. The first kappa shape index (κ1) is 12.0. The summed E-state index contributed by atoms with van der Waals surface area (Å²) in [5.74, 6) is 0.347. The molecule has 4 heteroatoms. The average Bonchev–Trinajstić information content (AvgIpc) is 2.27. The summed E-state index contributed by atoms with van der Waals surface area (Å²) in [4.78, 5) is 13.7. The summed E-state index contributed by atoms with van der Waals surface area (Å²) in [6.07, 6.45) is 2.76. The first-order valence-electron chi connectivity index (χ1n) is 5.65. The molecular weight excluding hydrogens is 190 g/mol. The summed E-state index contributed by atoms with van der Waals surface area (Å²) in [6, 6.07) is 2.14. The Bertz CT molecular complexity index is 239. The zero-order valence-corrected chi connectivity index (χ0v) is 9.33. The number of nitrogens with zero attached hydrogens (tertiary/aromatic N) is 2. The van der Waals surface area contributed by atoms with Crippen LogP contribution in [0, 0.1) is 17.2 Å². The Kier molecular flexibility index (Phi) is 5.13. The molecule has 0 aromatic heterocycles. The lowest BCUT2D eigenvalue weighted by molar-refractivity contribution is -0.126. The van der Waals surface area contributed by atoms with Gasteiger partial charge in [0.1, 0.15) is 0 Å². The van der Waals surface area contributed by atoms with Gasteiger partial charge < -0.3 is 5.32 Å². The number of hydrogen-bond donors (Lipinski definition) is 1. The second kappa shape index (κ2) is 6.41. The largest absolute Gasteiger partial charge is 0.356 e. The number of carbonyl (C=O) groups excluding carboxylic acids is 1. The third kappa shape index (κ3) is 3.88. The molecule has 1 rings (SSSR count). The van der Waals surface area contributed by atoms with E-state index >= 15 is 0 Å². The molecule has 1 aliphatic rings. The molecular formula is C11H19N3O. The molecule has 0 spiro atoms. The molecule has 1 N–H and O–H groups in total. The molecule has 4 nitrogen and oxygen atoms in total. The molecule has 1 saturated heterocycles. The van der Waals surface area contributed by atoms with Crippen LogP contribution >= 0.6 is 0 Å². The predicted octanol–water partition coefficient (Wildman–Crippen LogP) is 0.748. The summed E-state index contributed by atoms with van der Waals surface area (Å²) in [6.45, 7) is 5.06. The van der Waals surface area contributed by atoms with E-state index in [1.165, 1.54) is 0 Å².